The molecule has 0 spiro atoms. The zero-order valence-corrected chi connectivity index (χ0v) is 48.1. The lowest BCUT2D eigenvalue weighted by Gasteiger charge is -2.18. The van der Waals surface area contributed by atoms with Crippen molar-refractivity contribution in [2.45, 2.75) is 309 Å². The van der Waals surface area contributed by atoms with E-state index in [1.807, 2.05) is 0 Å². The fourth-order valence-corrected chi connectivity index (χ4v) is 8.75. The van der Waals surface area contributed by atoms with Crippen molar-refractivity contribution < 1.29 is 28.6 Å². The highest BCUT2D eigenvalue weighted by Crippen LogP contribution is 2.16. The van der Waals surface area contributed by atoms with Crippen molar-refractivity contribution in [3.05, 3.63) is 85.1 Å². The minimum atomic E-state index is -0.803. The van der Waals surface area contributed by atoms with Gasteiger partial charge in [0.2, 0.25) is 0 Å². The van der Waals surface area contributed by atoms with Crippen molar-refractivity contribution in [2.24, 2.45) is 0 Å². The summed E-state index contributed by atoms with van der Waals surface area (Å²) in [6, 6.07) is 0. The van der Waals surface area contributed by atoms with Crippen LogP contribution in [0.1, 0.15) is 303 Å². The predicted molar refractivity (Wildman–Crippen MR) is 316 cm³/mol. The fraction of sp³-hybridized carbons (Fsp3) is 0.746. The van der Waals surface area contributed by atoms with Crippen molar-refractivity contribution in [1.82, 2.24) is 0 Å². The molecule has 0 aliphatic carbocycles. The van der Waals surface area contributed by atoms with E-state index in [9.17, 15) is 14.4 Å². The number of hydrogen-bond acceptors (Lipinski definition) is 6. The summed E-state index contributed by atoms with van der Waals surface area (Å²) >= 11 is 0. The second-order valence-corrected chi connectivity index (χ2v) is 20.6. The van der Waals surface area contributed by atoms with E-state index in [4.69, 9.17) is 14.2 Å². The lowest BCUT2D eigenvalue weighted by atomic mass is 10.0. The Balaban J connectivity index is 4.45. The van der Waals surface area contributed by atoms with Crippen molar-refractivity contribution in [3.8, 4) is 0 Å². The SMILES string of the molecule is CC/C=C\C/C=C\C/C=C\C/C=C\CCCCCCCCC(=O)OCC(COC(=O)CCC/C=C\C/C=C\C/C=C\CCCCCCCC)OC(=O)CCCCCCCCCCCCCCCCCCCCC. The van der Waals surface area contributed by atoms with E-state index in [2.05, 4.69) is 106 Å². The van der Waals surface area contributed by atoms with E-state index in [-0.39, 0.29) is 37.5 Å². The van der Waals surface area contributed by atoms with Crippen molar-refractivity contribution in [1.29, 1.82) is 0 Å². The molecular formula is C67H116O6. The van der Waals surface area contributed by atoms with Gasteiger partial charge in [-0.05, 0) is 89.9 Å². The standard InChI is InChI=1S/C67H116O6/c1-4-7-10-13-16-19-22-25-28-31-33-36-39-42-45-48-51-54-57-60-66(69)72-63-64(62-71-65(68)59-56-53-50-47-44-41-38-35-30-27-24-21-18-15-12-9-6-3)73-67(70)61-58-55-52-49-46-43-40-37-34-32-29-26-23-20-17-14-11-8-5-2/h7,10,16,19,25,27-28,30,33,36,38,41,47,50,64H,4-6,8-9,11-15,17-18,20-24,26,29,31-32,34-35,37,39-40,42-46,48-49,51-63H2,1-3H3/b10-7-,19-16-,28-25-,30-27-,36-33-,41-38-,50-47-. The highest BCUT2D eigenvalue weighted by molar-refractivity contribution is 5.71. The molecule has 0 amide bonds. The van der Waals surface area contributed by atoms with Crippen LogP contribution in [0.5, 0.6) is 0 Å². The van der Waals surface area contributed by atoms with Crippen LogP contribution in [0.3, 0.4) is 0 Å². The predicted octanol–water partition coefficient (Wildman–Crippen LogP) is 21.1. The molecule has 0 saturated carbocycles. The summed E-state index contributed by atoms with van der Waals surface area (Å²) in [6.45, 7) is 6.50. The van der Waals surface area contributed by atoms with Gasteiger partial charge < -0.3 is 14.2 Å². The van der Waals surface area contributed by atoms with E-state index in [1.165, 1.54) is 161 Å². The molecular weight excluding hydrogens is 901 g/mol. The number of ether oxygens (including phenoxy) is 3. The molecule has 0 fully saturated rings. The van der Waals surface area contributed by atoms with Gasteiger partial charge in [0.15, 0.2) is 6.10 Å². The summed E-state index contributed by atoms with van der Waals surface area (Å²) in [5.41, 5.74) is 0. The first-order valence-corrected chi connectivity index (χ1v) is 31.1. The Kier molecular flexibility index (Phi) is 58.3. The minimum absolute atomic E-state index is 0.0977. The Morgan fingerprint density at radius 2 is 0.548 bits per heavy atom. The Morgan fingerprint density at radius 1 is 0.288 bits per heavy atom. The topological polar surface area (TPSA) is 78.9 Å². The van der Waals surface area contributed by atoms with Crippen LogP contribution in [-0.2, 0) is 28.6 Å². The third-order valence-corrected chi connectivity index (χ3v) is 13.4. The zero-order valence-electron chi connectivity index (χ0n) is 48.1. The summed E-state index contributed by atoms with van der Waals surface area (Å²) in [7, 11) is 0. The summed E-state index contributed by atoms with van der Waals surface area (Å²) in [4.78, 5) is 38.3. The second kappa shape index (κ2) is 61.1. The highest BCUT2D eigenvalue weighted by Gasteiger charge is 2.19. The van der Waals surface area contributed by atoms with Gasteiger partial charge >= 0.3 is 17.9 Å². The first kappa shape index (κ1) is 69.6. The summed E-state index contributed by atoms with van der Waals surface area (Å²) in [5, 5.41) is 0. The molecule has 73 heavy (non-hydrogen) atoms. The number of rotatable bonds is 56. The average molecular weight is 1020 g/mol. The molecule has 420 valence electrons. The molecule has 0 aliphatic rings. The third-order valence-electron chi connectivity index (χ3n) is 13.4. The molecule has 0 bridgehead atoms. The van der Waals surface area contributed by atoms with Gasteiger partial charge in [-0.2, -0.15) is 0 Å². The Labute approximate surface area is 452 Å². The minimum Gasteiger partial charge on any atom is -0.462 e. The largest absolute Gasteiger partial charge is 0.462 e. The Morgan fingerprint density at radius 3 is 0.890 bits per heavy atom. The van der Waals surface area contributed by atoms with E-state index in [1.54, 1.807) is 0 Å². The van der Waals surface area contributed by atoms with Crippen molar-refractivity contribution in [2.75, 3.05) is 13.2 Å². The summed E-state index contributed by atoms with van der Waals surface area (Å²) in [6.07, 6.45) is 80.1. The molecule has 0 heterocycles. The molecule has 0 aromatic carbocycles. The van der Waals surface area contributed by atoms with Crippen LogP contribution in [0, 0.1) is 0 Å². The van der Waals surface area contributed by atoms with Crippen LogP contribution in [0.2, 0.25) is 0 Å². The normalized spacial score (nSPS) is 12.6. The van der Waals surface area contributed by atoms with Gasteiger partial charge in [-0.3, -0.25) is 14.4 Å². The monoisotopic (exact) mass is 1020 g/mol. The van der Waals surface area contributed by atoms with E-state index < -0.39 is 6.10 Å². The second-order valence-electron chi connectivity index (χ2n) is 20.6. The molecule has 0 radical (unpaired) electrons. The summed E-state index contributed by atoms with van der Waals surface area (Å²) in [5.74, 6) is -0.952. The lowest BCUT2D eigenvalue weighted by Crippen LogP contribution is -2.30. The molecule has 0 aliphatic heterocycles. The van der Waals surface area contributed by atoms with Gasteiger partial charge in [0.25, 0.3) is 0 Å². The van der Waals surface area contributed by atoms with Crippen LogP contribution in [0.25, 0.3) is 0 Å². The van der Waals surface area contributed by atoms with Gasteiger partial charge in [-0.15, -0.1) is 0 Å². The maximum Gasteiger partial charge on any atom is 0.306 e. The molecule has 0 aromatic rings. The van der Waals surface area contributed by atoms with Crippen LogP contribution >= 0.6 is 0 Å². The van der Waals surface area contributed by atoms with Gasteiger partial charge in [-0.1, -0.05) is 279 Å². The van der Waals surface area contributed by atoms with Gasteiger partial charge in [0.1, 0.15) is 13.2 Å². The molecule has 0 saturated heterocycles. The smallest absolute Gasteiger partial charge is 0.306 e. The van der Waals surface area contributed by atoms with E-state index in [0.717, 1.165) is 96.3 Å². The van der Waals surface area contributed by atoms with Crippen LogP contribution in [-0.4, -0.2) is 37.2 Å². The van der Waals surface area contributed by atoms with Gasteiger partial charge in [-0.25, -0.2) is 0 Å². The van der Waals surface area contributed by atoms with Gasteiger partial charge in [0, 0.05) is 19.3 Å². The highest BCUT2D eigenvalue weighted by atomic mass is 16.6. The number of allylic oxidation sites excluding steroid dienone is 14. The van der Waals surface area contributed by atoms with E-state index in [0.29, 0.717) is 19.3 Å². The zero-order chi connectivity index (χ0) is 52.9. The molecule has 0 rings (SSSR count). The van der Waals surface area contributed by atoms with Crippen molar-refractivity contribution in [3.63, 3.8) is 0 Å². The van der Waals surface area contributed by atoms with Crippen LogP contribution in [0.15, 0.2) is 85.1 Å². The first-order valence-electron chi connectivity index (χ1n) is 31.1. The molecule has 6 nitrogen and oxygen atoms in total. The first-order chi connectivity index (χ1) is 36.0. The molecule has 1 unspecified atom stereocenters. The lowest BCUT2D eigenvalue weighted by molar-refractivity contribution is -0.167. The number of carbonyl (C=O) groups excluding carboxylic acids is 3. The Hall–Kier alpha value is -3.41. The molecule has 6 heteroatoms. The average Bonchev–Trinajstić information content (AvgIpc) is 3.39. The maximum absolute atomic E-state index is 12.9. The number of carbonyl (C=O) groups is 3. The third kappa shape index (κ3) is 59.3. The number of unbranched alkanes of at least 4 members (excludes halogenated alkanes) is 31. The Bertz CT molecular complexity index is 1400. The quantitative estimate of drug-likeness (QED) is 0.0261. The van der Waals surface area contributed by atoms with Crippen LogP contribution in [0.4, 0.5) is 0 Å². The number of esters is 3. The van der Waals surface area contributed by atoms with E-state index >= 15 is 0 Å². The molecule has 0 aromatic heterocycles. The number of hydrogen-bond donors (Lipinski definition) is 0. The summed E-state index contributed by atoms with van der Waals surface area (Å²) < 4.78 is 16.9. The molecule has 0 N–H and O–H groups in total. The maximum atomic E-state index is 12.9. The fourth-order valence-electron chi connectivity index (χ4n) is 8.75. The van der Waals surface area contributed by atoms with Crippen molar-refractivity contribution >= 4 is 17.9 Å². The molecule has 1 atom stereocenters. The van der Waals surface area contributed by atoms with Crippen LogP contribution < -0.4 is 0 Å². The van der Waals surface area contributed by atoms with Gasteiger partial charge in [0.05, 0.1) is 0 Å².